The monoisotopic (exact) mass is 485 g/mol. The van der Waals surface area contributed by atoms with Gasteiger partial charge in [-0.2, -0.15) is 0 Å². The predicted molar refractivity (Wildman–Crippen MR) is 142 cm³/mol. The van der Waals surface area contributed by atoms with Gasteiger partial charge in [-0.1, -0.05) is 60.1 Å². The number of carbonyl (C=O) groups is 1. The molecule has 0 atom stereocenters. The van der Waals surface area contributed by atoms with E-state index in [9.17, 15) is 4.79 Å². The Labute approximate surface area is 210 Å². The molecule has 3 aromatic carbocycles. The second kappa shape index (κ2) is 10.8. The number of nitrogens with one attached hydrogen (secondary N) is 1. The van der Waals surface area contributed by atoms with E-state index >= 15 is 0 Å². The number of fused-ring (bicyclic) bond motifs is 1. The average molecular weight is 486 g/mol. The molecule has 2 heterocycles. The number of carbonyl (C=O) groups excluding carboxylic acids is 1. The number of benzene rings is 3. The fraction of sp³-hybridized carbons (Fsp3) is 0.241. The molecular formula is C29H28ClN3O2. The highest BCUT2D eigenvalue weighted by Crippen LogP contribution is 2.29. The number of para-hydroxylation sites is 1. The van der Waals surface area contributed by atoms with E-state index in [0.717, 1.165) is 49.1 Å². The number of hydrogen-bond acceptors (Lipinski definition) is 4. The van der Waals surface area contributed by atoms with Crippen molar-refractivity contribution in [2.45, 2.75) is 19.3 Å². The molecule has 1 aromatic heterocycles. The van der Waals surface area contributed by atoms with E-state index in [2.05, 4.69) is 52.7 Å². The number of amides is 1. The van der Waals surface area contributed by atoms with Gasteiger partial charge in [0.2, 0.25) is 0 Å². The lowest BCUT2D eigenvalue weighted by Gasteiger charge is -2.33. The molecule has 5 nitrogen and oxygen atoms in total. The van der Waals surface area contributed by atoms with Crippen LogP contribution >= 0.6 is 11.6 Å². The second-order valence-electron chi connectivity index (χ2n) is 8.96. The zero-order valence-electron chi connectivity index (χ0n) is 19.5. The first-order valence-corrected chi connectivity index (χ1v) is 12.4. The topological polar surface area (TPSA) is 54.5 Å². The largest absolute Gasteiger partial charge is 0.481 e. The van der Waals surface area contributed by atoms with E-state index in [0.29, 0.717) is 22.4 Å². The highest BCUT2D eigenvalue weighted by atomic mass is 35.5. The van der Waals surface area contributed by atoms with Gasteiger partial charge in [0.1, 0.15) is 17.1 Å². The van der Waals surface area contributed by atoms with Crippen molar-refractivity contribution < 1.29 is 9.53 Å². The van der Waals surface area contributed by atoms with Crippen molar-refractivity contribution in [3.8, 4) is 5.75 Å². The summed E-state index contributed by atoms with van der Waals surface area (Å²) in [6, 6.07) is 27.7. The molecule has 0 bridgehead atoms. The molecule has 1 aliphatic rings. The Kier molecular flexibility index (Phi) is 7.15. The lowest BCUT2D eigenvalue weighted by atomic mass is 9.90. The Balaban J connectivity index is 1.23. The molecular weight excluding hydrogens is 458 g/mol. The molecule has 1 N–H and O–H groups in total. The minimum atomic E-state index is -0.249. The van der Waals surface area contributed by atoms with E-state index in [1.165, 1.54) is 5.56 Å². The average Bonchev–Trinajstić information content (AvgIpc) is 2.88. The van der Waals surface area contributed by atoms with Gasteiger partial charge in [0, 0.05) is 29.2 Å². The van der Waals surface area contributed by atoms with Gasteiger partial charge < -0.3 is 15.0 Å². The summed E-state index contributed by atoms with van der Waals surface area (Å²) in [6.45, 7) is 1.87. The fourth-order valence-corrected chi connectivity index (χ4v) is 4.81. The van der Waals surface area contributed by atoms with Crippen LogP contribution in [0.5, 0.6) is 5.75 Å². The van der Waals surface area contributed by atoms with E-state index in [1.807, 2.05) is 18.2 Å². The summed E-state index contributed by atoms with van der Waals surface area (Å²) in [5.74, 6) is 2.01. The molecule has 5 rings (SSSR count). The Bertz CT molecular complexity index is 1300. The SMILES string of the molecule is O=C(COc1cccc2ccc(N3CCC(Cc4ccccc4)CC3)nc12)Nc1cccc(Cl)c1. The number of rotatable bonds is 7. The van der Waals surface area contributed by atoms with Crippen LogP contribution in [0.1, 0.15) is 18.4 Å². The maximum absolute atomic E-state index is 12.4. The number of ether oxygens (including phenoxy) is 1. The Hall–Kier alpha value is -3.57. The van der Waals surface area contributed by atoms with Gasteiger partial charge in [-0.25, -0.2) is 4.98 Å². The van der Waals surface area contributed by atoms with E-state index < -0.39 is 0 Å². The Morgan fingerprint density at radius 3 is 2.57 bits per heavy atom. The molecule has 35 heavy (non-hydrogen) atoms. The number of nitrogens with zero attached hydrogens (tertiary/aromatic N) is 2. The first-order valence-electron chi connectivity index (χ1n) is 12.0. The second-order valence-corrected chi connectivity index (χ2v) is 9.40. The summed E-state index contributed by atoms with van der Waals surface area (Å²) in [4.78, 5) is 19.7. The van der Waals surface area contributed by atoms with Gasteiger partial charge in [0.15, 0.2) is 6.61 Å². The number of halogens is 1. The fourth-order valence-electron chi connectivity index (χ4n) is 4.62. The van der Waals surface area contributed by atoms with Crippen molar-refractivity contribution in [3.05, 3.63) is 95.5 Å². The van der Waals surface area contributed by atoms with Gasteiger partial charge in [-0.05, 0) is 67.1 Å². The van der Waals surface area contributed by atoms with Crippen LogP contribution in [0.4, 0.5) is 11.5 Å². The van der Waals surface area contributed by atoms with Gasteiger partial charge in [-0.15, -0.1) is 0 Å². The van der Waals surface area contributed by atoms with Crippen LogP contribution in [-0.2, 0) is 11.2 Å². The number of piperidine rings is 1. The number of pyridine rings is 1. The van der Waals surface area contributed by atoms with Crippen LogP contribution in [0.3, 0.4) is 0 Å². The van der Waals surface area contributed by atoms with E-state index in [4.69, 9.17) is 21.3 Å². The molecule has 1 amide bonds. The summed E-state index contributed by atoms with van der Waals surface area (Å²) in [6.07, 6.45) is 3.43. The highest BCUT2D eigenvalue weighted by molar-refractivity contribution is 6.30. The minimum Gasteiger partial charge on any atom is -0.481 e. The molecule has 6 heteroatoms. The third-order valence-electron chi connectivity index (χ3n) is 6.44. The molecule has 0 radical (unpaired) electrons. The normalized spacial score (nSPS) is 14.1. The van der Waals surface area contributed by atoms with Crippen LogP contribution in [0.2, 0.25) is 5.02 Å². The zero-order valence-corrected chi connectivity index (χ0v) is 20.2. The molecule has 4 aromatic rings. The molecule has 1 fully saturated rings. The first kappa shape index (κ1) is 23.2. The maximum atomic E-state index is 12.4. The molecule has 0 saturated carbocycles. The van der Waals surface area contributed by atoms with Crippen molar-refractivity contribution in [3.63, 3.8) is 0 Å². The van der Waals surface area contributed by atoms with Gasteiger partial charge >= 0.3 is 0 Å². The smallest absolute Gasteiger partial charge is 0.262 e. The molecule has 0 unspecified atom stereocenters. The van der Waals surface area contributed by atoms with Crippen molar-refractivity contribution in [2.75, 3.05) is 29.9 Å². The van der Waals surface area contributed by atoms with E-state index in [-0.39, 0.29) is 12.5 Å². The van der Waals surface area contributed by atoms with Crippen LogP contribution < -0.4 is 15.0 Å². The summed E-state index contributed by atoms with van der Waals surface area (Å²) in [5, 5.41) is 4.36. The number of hydrogen-bond donors (Lipinski definition) is 1. The summed E-state index contributed by atoms with van der Waals surface area (Å²) >= 11 is 5.99. The lowest BCUT2D eigenvalue weighted by molar-refractivity contribution is -0.118. The van der Waals surface area contributed by atoms with Crippen LogP contribution in [0, 0.1) is 5.92 Å². The standard InChI is InChI=1S/C29H28ClN3O2/c30-24-9-5-10-25(19-24)31-28(34)20-35-26-11-4-8-23-12-13-27(32-29(23)26)33-16-14-22(15-17-33)18-21-6-2-1-3-7-21/h1-13,19,22H,14-18,20H2,(H,31,34). The van der Waals surface area contributed by atoms with Crippen molar-refractivity contribution in [1.82, 2.24) is 4.98 Å². The van der Waals surface area contributed by atoms with Crippen LogP contribution in [0.25, 0.3) is 10.9 Å². The third-order valence-corrected chi connectivity index (χ3v) is 6.68. The molecule has 0 aliphatic carbocycles. The first-order chi connectivity index (χ1) is 17.1. The molecule has 0 spiro atoms. The maximum Gasteiger partial charge on any atom is 0.262 e. The number of anilines is 2. The van der Waals surface area contributed by atoms with Crippen LogP contribution in [-0.4, -0.2) is 30.6 Å². The summed E-state index contributed by atoms with van der Waals surface area (Å²) < 4.78 is 5.88. The zero-order chi connectivity index (χ0) is 24.0. The predicted octanol–water partition coefficient (Wildman–Crippen LogP) is 6.36. The lowest BCUT2D eigenvalue weighted by Crippen LogP contribution is -2.34. The quantitative estimate of drug-likeness (QED) is 0.330. The molecule has 1 aliphatic heterocycles. The van der Waals surface area contributed by atoms with E-state index in [1.54, 1.807) is 24.3 Å². The van der Waals surface area contributed by atoms with Gasteiger partial charge in [0.05, 0.1) is 0 Å². The Morgan fingerprint density at radius 2 is 1.77 bits per heavy atom. The van der Waals surface area contributed by atoms with Crippen molar-refractivity contribution in [1.29, 1.82) is 0 Å². The molecule has 178 valence electrons. The third kappa shape index (κ3) is 5.92. The highest BCUT2D eigenvalue weighted by Gasteiger charge is 2.21. The molecule has 1 saturated heterocycles. The van der Waals surface area contributed by atoms with Crippen molar-refractivity contribution >= 4 is 39.9 Å². The number of aromatic nitrogens is 1. The van der Waals surface area contributed by atoms with Gasteiger partial charge in [0.25, 0.3) is 5.91 Å². The van der Waals surface area contributed by atoms with Gasteiger partial charge in [-0.3, -0.25) is 4.79 Å². The van der Waals surface area contributed by atoms with Crippen LogP contribution in [0.15, 0.2) is 84.9 Å². The minimum absolute atomic E-state index is 0.109. The van der Waals surface area contributed by atoms with Crippen molar-refractivity contribution in [2.24, 2.45) is 5.92 Å². The summed E-state index contributed by atoms with van der Waals surface area (Å²) in [5.41, 5.74) is 2.82. The Morgan fingerprint density at radius 1 is 0.971 bits per heavy atom. The summed E-state index contributed by atoms with van der Waals surface area (Å²) in [7, 11) is 0.